The molecule has 0 aliphatic carbocycles. The maximum atomic E-state index is 13.0. The number of aliphatic imine (C=N–C) groups is 2. The number of anilines is 1. The molecular weight excluding hydrogens is 477 g/mol. The average molecular weight is 509 g/mol. The van der Waals surface area contributed by atoms with Crippen molar-refractivity contribution < 1.29 is 17.9 Å². The predicted octanol–water partition coefficient (Wildman–Crippen LogP) is 7.33. The molecule has 0 amide bonds. The molecule has 0 unspecified atom stereocenters. The minimum Gasteiger partial charge on any atom is -0.476 e. The van der Waals surface area contributed by atoms with Crippen molar-refractivity contribution in [3.8, 4) is 5.88 Å². The van der Waals surface area contributed by atoms with E-state index < -0.39 is 11.7 Å². The summed E-state index contributed by atoms with van der Waals surface area (Å²) in [5.41, 5.74) is 3.30. The van der Waals surface area contributed by atoms with Gasteiger partial charge in [0.1, 0.15) is 6.00 Å². The number of benzene rings is 1. The minimum atomic E-state index is -4.37. The minimum absolute atomic E-state index is 0.0670. The predicted molar refractivity (Wildman–Crippen MR) is 138 cm³/mol. The molecule has 0 spiro atoms. The SMILES string of the molecule is C=N/C(CCCCOc1ncccc1NC)=C(CC)\C(CCc1cccc(C(F)(F)F)c1)=N/CCl. The van der Waals surface area contributed by atoms with Crippen LogP contribution in [0.1, 0.15) is 50.2 Å². The van der Waals surface area contributed by atoms with Crippen molar-refractivity contribution in [3.63, 3.8) is 0 Å². The molecule has 0 aliphatic heterocycles. The Labute approximate surface area is 210 Å². The molecule has 5 nitrogen and oxygen atoms in total. The highest BCUT2D eigenvalue weighted by Crippen LogP contribution is 2.30. The van der Waals surface area contributed by atoms with E-state index in [4.69, 9.17) is 16.3 Å². The number of unbranched alkanes of at least 4 members (excludes halogenated alkanes) is 1. The van der Waals surface area contributed by atoms with Crippen molar-refractivity contribution in [3.05, 3.63) is 65.0 Å². The van der Waals surface area contributed by atoms with Gasteiger partial charge in [0.2, 0.25) is 5.88 Å². The highest BCUT2D eigenvalue weighted by atomic mass is 35.5. The van der Waals surface area contributed by atoms with Crippen LogP contribution in [0, 0.1) is 0 Å². The maximum absolute atomic E-state index is 13.0. The molecule has 0 fully saturated rings. The molecule has 0 atom stereocenters. The Morgan fingerprint density at radius 2 is 1.97 bits per heavy atom. The van der Waals surface area contributed by atoms with Crippen LogP contribution in [0.2, 0.25) is 0 Å². The standard InChI is InChI=1S/C26H32ClF3N4O/c1-4-21(22(31-2)11-5-6-16-35-25-24(32-3)12-8-15-33-25)23(34-18-27)14-13-19-9-7-10-20(17-19)26(28,29)30/h7-10,12,15,17,32H,2,4-6,11,13-14,16,18H2,1,3H3/b22-21-,34-23-. The van der Waals surface area contributed by atoms with E-state index in [9.17, 15) is 13.2 Å². The van der Waals surface area contributed by atoms with Crippen LogP contribution in [0.5, 0.6) is 5.88 Å². The first kappa shape index (κ1) is 28.4. The molecule has 2 rings (SSSR count). The van der Waals surface area contributed by atoms with Crippen LogP contribution in [0.3, 0.4) is 0 Å². The van der Waals surface area contributed by atoms with Crippen molar-refractivity contribution in [2.45, 2.75) is 51.6 Å². The highest BCUT2D eigenvalue weighted by molar-refractivity contribution is 6.18. The van der Waals surface area contributed by atoms with Gasteiger partial charge < -0.3 is 10.1 Å². The Morgan fingerprint density at radius 3 is 2.63 bits per heavy atom. The first-order valence-corrected chi connectivity index (χ1v) is 12.1. The lowest BCUT2D eigenvalue weighted by Gasteiger charge is -2.15. The summed E-state index contributed by atoms with van der Waals surface area (Å²) in [5.74, 6) is 0.563. The quantitative estimate of drug-likeness (QED) is 0.126. The van der Waals surface area contributed by atoms with Crippen LogP contribution in [0.15, 0.2) is 63.8 Å². The Hall–Kier alpha value is -2.87. The molecule has 0 aliphatic rings. The molecule has 1 aromatic carbocycles. The molecule has 0 saturated carbocycles. The molecule has 0 bridgehead atoms. The fraction of sp³-hybridized carbons (Fsp3) is 0.423. The Kier molecular flexibility index (Phi) is 11.8. The third-order valence-corrected chi connectivity index (χ3v) is 5.60. The lowest BCUT2D eigenvalue weighted by atomic mass is 9.96. The zero-order chi connectivity index (χ0) is 25.7. The van der Waals surface area contributed by atoms with Gasteiger partial charge in [-0.2, -0.15) is 13.2 Å². The van der Waals surface area contributed by atoms with E-state index in [2.05, 4.69) is 27.0 Å². The second-order valence-corrected chi connectivity index (χ2v) is 8.01. The Bertz CT molecular complexity index is 1020. The topological polar surface area (TPSA) is 58.9 Å². The van der Waals surface area contributed by atoms with Gasteiger partial charge in [0.05, 0.1) is 17.9 Å². The maximum Gasteiger partial charge on any atom is 0.416 e. The summed E-state index contributed by atoms with van der Waals surface area (Å²) in [4.78, 5) is 12.9. The summed E-state index contributed by atoms with van der Waals surface area (Å²) in [6, 6.07) is 9.18. The molecule has 0 radical (unpaired) electrons. The molecule has 2 aromatic rings. The number of hydrogen-bond acceptors (Lipinski definition) is 5. The Morgan fingerprint density at radius 1 is 1.17 bits per heavy atom. The number of ether oxygens (including phenoxy) is 1. The summed E-state index contributed by atoms with van der Waals surface area (Å²) >= 11 is 5.91. The lowest BCUT2D eigenvalue weighted by Crippen LogP contribution is -2.09. The van der Waals surface area contributed by atoms with Gasteiger partial charge in [0, 0.05) is 24.7 Å². The number of aryl methyl sites for hydroxylation is 1. The zero-order valence-corrected chi connectivity index (χ0v) is 20.9. The van der Waals surface area contributed by atoms with Crippen molar-refractivity contribution in [1.82, 2.24) is 4.98 Å². The average Bonchev–Trinajstić information content (AvgIpc) is 2.86. The molecule has 1 aromatic heterocycles. The number of pyridine rings is 1. The van der Waals surface area contributed by atoms with Crippen molar-refractivity contribution in [2.75, 3.05) is 25.0 Å². The van der Waals surface area contributed by atoms with Crippen LogP contribution >= 0.6 is 11.6 Å². The van der Waals surface area contributed by atoms with Gasteiger partial charge in [0.15, 0.2) is 0 Å². The number of nitrogens with one attached hydrogen (secondary N) is 1. The molecule has 35 heavy (non-hydrogen) atoms. The van der Waals surface area contributed by atoms with Crippen LogP contribution in [0.4, 0.5) is 18.9 Å². The molecule has 1 heterocycles. The van der Waals surface area contributed by atoms with E-state index in [0.29, 0.717) is 43.7 Å². The molecule has 9 heteroatoms. The lowest BCUT2D eigenvalue weighted by molar-refractivity contribution is -0.137. The number of rotatable bonds is 14. The second kappa shape index (κ2) is 14.5. The first-order chi connectivity index (χ1) is 16.8. The van der Waals surface area contributed by atoms with Crippen molar-refractivity contribution in [2.24, 2.45) is 9.98 Å². The van der Waals surface area contributed by atoms with Gasteiger partial charge in [-0.3, -0.25) is 9.98 Å². The summed E-state index contributed by atoms with van der Waals surface area (Å²) < 4.78 is 44.9. The third-order valence-electron chi connectivity index (χ3n) is 5.48. The van der Waals surface area contributed by atoms with E-state index in [1.165, 1.54) is 12.1 Å². The molecular formula is C26H32ClF3N4O. The van der Waals surface area contributed by atoms with Crippen LogP contribution in [0.25, 0.3) is 0 Å². The van der Waals surface area contributed by atoms with Gasteiger partial charge in [-0.05, 0) is 74.6 Å². The number of nitrogens with zero attached hydrogens (tertiary/aromatic N) is 3. The number of hydrogen-bond donors (Lipinski definition) is 1. The van der Waals surface area contributed by atoms with E-state index >= 15 is 0 Å². The summed E-state index contributed by atoms with van der Waals surface area (Å²) in [6.07, 6.45) is 1.16. The van der Waals surface area contributed by atoms with E-state index in [0.717, 1.165) is 41.6 Å². The third kappa shape index (κ3) is 9.02. The van der Waals surface area contributed by atoms with Crippen molar-refractivity contribution >= 4 is 29.7 Å². The fourth-order valence-corrected chi connectivity index (χ4v) is 3.87. The van der Waals surface area contributed by atoms with Gasteiger partial charge in [-0.1, -0.05) is 25.1 Å². The van der Waals surface area contributed by atoms with E-state index in [-0.39, 0.29) is 6.00 Å². The van der Waals surface area contributed by atoms with Gasteiger partial charge >= 0.3 is 6.18 Å². The van der Waals surface area contributed by atoms with Gasteiger partial charge in [-0.25, -0.2) is 4.98 Å². The number of alkyl halides is 4. The van der Waals surface area contributed by atoms with Crippen LogP contribution in [-0.2, 0) is 12.6 Å². The van der Waals surface area contributed by atoms with Crippen LogP contribution in [-0.4, -0.2) is 37.1 Å². The normalized spacial score (nSPS) is 12.8. The smallest absolute Gasteiger partial charge is 0.416 e. The van der Waals surface area contributed by atoms with Gasteiger partial charge in [0.25, 0.3) is 0 Å². The monoisotopic (exact) mass is 508 g/mol. The van der Waals surface area contributed by atoms with Crippen LogP contribution < -0.4 is 10.1 Å². The largest absolute Gasteiger partial charge is 0.476 e. The summed E-state index contributed by atoms with van der Waals surface area (Å²) in [7, 11) is 1.82. The zero-order valence-electron chi connectivity index (χ0n) is 20.2. The summed E-state index contributed by atoms with van der Waals surface area (Å²) in [5, 5.41) is 3.05. The fourth-order valence-electron chi connectivity index (χ4n) is 3.72. The number of aromatic nitrogens is 1. The van der Waals surface area contributed by atoms with Gasteiger partial charge in [-0.15, -0.1) is 11.6 Å². The first-order valence-electron chi connectivity index (χ1n) is 11.5. The number of halogens is 4. The second-order valence-electron chi connectivity index (χ2n) is 7.77. The molecule has 1 N–H and O–H groups in total. The Balaban J connectivity index is 2.02. The molecule has 0 saturated heterocycles. The summed E-state index contributed by atoms with van der Waals surface area (Å²) in [6.45, 7) is 6.24. The van der Waals surface area contributed by atoms with E-state index in [1.54, 1.807) is 12.3 Å². The highest BCUT2D eigenvalue weighted by Gasteiger charge is 2.30. The number of allylic oxidation sites excluding steroid dienone is 2. The van der Waals surface area contributed by atoms with Crippen molar-refractivity contribution in [1.29, 1.82) is 0 Å². The van der Waals surface area contributed by atoms with E-state index in [1.807, 2.05) is 26.1 Å². The molecule has 190 valence electrons.